The van der Waals surface area contributed by atoms with Crippen molar-refractivity contribution in [1.82, 2.24) is 0 Å². The van der Waals surface area contributed by atoms with Gasteiger partial charge in [-0.1, -0.05) is 12.1 Å². The molecule has 7 nitrogen and oxygen atoms in total. The molecule has 4 rings (SSSR count). The molecule has 7 heteroatoms. The fraction of sp³-hybridized carbons (Fsp3) is 0.231. The van der Waals surface area contributed by atoms with E-state index in [-0.39, 0.29) is 11.8 Å². The van der Waals surface area contributed by atoms with Crippen molar-refractivity contribution in [2.45, 2.75) is 20.0 Å². The summed E-state index contributed by atoms with van der Waals surface area (Å²) in [6.07, 6.45) is -0.635. The highest BCUT2D eigenvalue weighted by atomic mass is 16.5. The van der Waals surface area contributed by atoms with Crippen LogP contribution in [-0.4, -0.2) is 38.2 Å². The number of hydrogen-bond donors (Lipinski definition) is 1. The Morgan fingerprint density at radius 2 is 1.85 bits per heavy atom. The van der Waals surface area contributed by atoms with Crippen LogP contribution in [0.1, 0.15) is 22.8 Å². The molecule has 0 bridgehead atoms. The predicted octanol–water partition coefficient (Wildman–Crippen LogP) is 4.45. The lowest BCUT2D eigenvalue weighted by Crippen LogP contribution is -2.46. The second-order valence-electron chi connectivity index (χ2n) is 7.78. The molecule has 3 aromatic carbocycles. The monoisotopic (exact) mass is 446 g/mol. The van der Waals surface area contributed by atoms with Crippen LogP contribution in [0.2, 0.25) is 0 Å². The second kappa shape index (κ2) is 9.65. The van der Waals surface area contributed by atoms with Crippen molar-refractivity contribution in [2.75, 3.05) is 30.5 Å². The smallest absolute Gasteiger partial charge is 0.267 e. The number of benzene rings is 3. The Labute approximate surface area is 192 Å². The molecular weight excluding hydrogens is 420 g/mol. The van der Waals surface area contributed by atoms with Gasteiger partial charge in [-0.2, -0.15) is 0 Å². The fourth-order valence-corrected chi connectivity index (χ4v) is 3.62. The Morgan fingerprint density at radius 1 is 1.06 bits per heavy atom. The molecule has 0 saturated carbocycles. The van der Waals surface area contributed by atoms with Crippen LogP contribution in [0, 0.1) is 6.92 Å². The van der Waals surface area contributed by atoms with E-state index < -0.39 is 6.10 Å². The van der Waals surface area contributed by atoms with Crippen LogP contribution in [0.5, 0.6) is 17.2 Å². The van der Waals surface area contributed by atoms with Crippen LogP contribution in [0.4, 0.5) is 11.4 Å². The number of ether oxygens (including phenoxy) is 3. The van der Waals surface area contributed by atoms with Gasteiger partial charge in [0.05, 0.1) is 19.3 Å². The van der Waals surface area contributed by atoms with Crippen LogP contribution in [0.3, 0.4) is 0 Å². The topological polar surface area (TPSA) is 77.1 Å². The van der Waals surface area contributed by atoms with Gasteiger partial charge >= 0.3 is 0 Å². The minimum absolute atomic E-state index is 0.134. The molecule has 170 valence electrons. The lowest BCUT2D eigenvalue weighted by molar-refractivity contribution is -0.125. The molecule has 0 saturated heterocycles. The third-order valence-electron chi connectivity index (χ3n) is 5.35. The van der Waals surface area contributed by atoms with Gasteiger partial charge in [0.1, 0.15) is 23.9 Å². The molecule has 0 spiro atoms. The number of hydrogen-bond acceptors (Lipinski definition) is 5. The first-order valence-corrected chi connectivity index (χ1v) is 10.7. The van der Waals surface area contributed by atoms with Crippen LogP contribution < -0.4 is 24.4 Å². The van der Waals surface area contributed by atoms with Crippen molar-refractivity contribution in [3.63, 3.8) is 0 Å². The maximum absolute atomic E-state index is 12.7. The fourth-order valence-electron chi connectivity index (χ4n) is 3.62. The minimum Gasteiger partial charge on any atom is -0.497 e. The molecule has 1 aliphatic rings. The number of aryl methyl sites for hydroxylation is 1. The van der Waals surface area contributed by atoms with Gasteiger partial charge in [0.15, 0.2) is 6.10 Å². The molecule has 0 radical (unpaired) electrons. The quantitative estimate of drug-likeness (QED) is 0.580. The van der Waals surface area contributed by atoms with Crippen molar-refractivity contribution in [2.24, 2.45) is 0 Å². The van der Waals surface area contributed by atoms with E-state index in [4.69, 9.17) is 14.2 Å². The molecule has 2 amide bonds. The van der Waals surface area contributed by atoms with Crippen LogP contribution in [0.15, 0.2) is 66.7 Å². The molecular formula is C26H26N2O5. The third kappa shape index (κ3) is 5.09. The Kier molecular flexibility index (Phi) is 6.49. The van der Waals surface area contributed by atoms with Crippen LogP contribution in [0.25, 0.3) is 0 Å². The Balaban J connectivity index is 1.46. The molecule has 0 fully saturated rings. The van der Waals surface area contributed by atoms with E-state index in [1.165, 1.54) is 0 Å². The van der Waals surface area contributed by atoms with Crippen LogP contribution in [-0.2, 0) is 4.79 Å². The number of carbonyl (C=O) groups excluding carboxylic acids is 2. The SMILES string of the molecule is COc1ccc(C(=O)Nc2ccc3c(c2)OC(C)C(=O)N3CCOc2cccc(C)c2)cc1. The van der Waals surface area contributed by atoms with E-state index in [1.54, 1.807) is 61.4 Å². The summed E-state index contributed by atoms with van der Waals surface area (Å²) in [5.74, 6) is 1.59. The van der Waals surface area contributed by atoms with Crippen molar-refractivity contribution < 1.29 is 23.8 Å². The van der Waals surface area contributed by atoms with E-state index >= 15 is 0 Å². The van der Waals surface area contributed by atoms with E-state index in [0.717, 1.165) is 11.3 Å². The molecule has 1 aliphatic heterocycles. The van der Waals surface area contributed by atoms with Gasteiger partial charge < -0.3 is 24.4 Å². The average molecular weight is 447 g/mol. The first kappa shape index (κ1) is 22.2. The maximum atomic E-state index is 12.7. The van der Waals surface area contributed by atoms with Crippen molar-refractivity contribution >= 4 is 23.2 Å². The number of nitrogens with one attached hydrogen (secondary N) is 1. The molecule has 1 unspecified atom stereocenters. The zero-order valence-electron chi connectivity index (χ0n) is 18.8. The van der Waals surface area contributed by atoms with Gasteiger partial charge in [0.25, 0.3) is 11.8 Å². The van der Waals surface area contributed by atoms with Crippen molar-refractivity contribution in [3.8, 4) is 17.2 Å². The minimum atomic E-state index is -0.635. The highest BCUT2D eigenvalue weighted by Gasteiger charge is 2.31. The largest absolute Gasteiger partial charge is 0.497 e. The lowest BCUT2D eigenvalue weighted by Gasteiger charge is -2.33. The highest BCUT2D eigenvalue weighted by Crippen LogP contribution is 2.36. The summed E-state index contributed by atoms with van der Waals surface area (Å²) in [7, 11) is 1.58. The summed E-state index contributed by atoms with van der Waals surface area (Å²) in [4.78, 5) is 27.0. The summed E-state index contributed by atoms with van der Waals surface area (Å²) in [5, 5.41) is 2.87. The highest BCUT2D eigenvalue weighted by molar-refractivity contribution is 6.05. The third-order valence-corrected chi connectivity index (χ3v) is 5.35. The van der Waals surface area contributed by atoms with Gasteiger partial charge in [-0.25, -0.2) is 0 Å². The van der Waals surface area contributed by atoms with E-state index in [2.05, 4.69) is 5.32 Å². The Hall–Kier alpha value is -4.00. The molecule has 33 heavy (non-hydrogen) atoms. The molecule has 0 aromatic heterocycles. The first-order valence-electron chi connectivity index (χ1n) is 10.7. The van der Waals surface area contributed by atoms with E-state index in [0.29, 0.717) is 41.6 Å². The Morgan fingerprint density at radius 3 is 2.58 bits per heavy atom. The lowest BCUT2D eigenvalue weighted by atomic mass is 10.1. The molecule has 3 aromatic rings. The van der Waals surface area contributed by atoms with E-state index in [9.17, 15) is 9.59 Å². The van der Waals surface area contributed by atoms with Crippen LogP contribution >= 0.6 is 0 Å². The zero-order chi connectivity index (χ0) is 23.4. The maximum Gasteiger partial charge on any atom is 0.267 e. The van der Waals surface area contributed by atoms with Gasteiger partial charge in [-0.05, 0) is 67.9 Å². The van der Waals surface area contributed by atoms with Crippen molar-refractivity contribution in [3.05, 3.63) is 77.9 Å². The first-order chi connectivity index (χ1) is 15.9. The Bertz CT molecular complexity index is 1160. The molecule has 0 aliphatic carbocycles. The number of fused-ring (bicyclic) bond motifs is 1. The average Bonchev–Trinajstić information content (AvgIpc) is 2.81. The normalized spacial score (nSPS) is 14.8. The molecule has 1 atom stereocenters. The number of anilines is 2. The number of nitrogens with zero attached hydrogens (tertiary/aromatic N) is 1. The van der Waals surface area contributed by atoms with Crippen molar-refractivity contribution in [1.29, 1.82) is 0 Å². The summed E-state index contributed by atoms with van der Waals surface area (Å²) in [6.45, 7) is 4.44. The predicted molar refractivity (Wildman–Crippen MR) is 127 cm³/mol. The summed E-state index contributed by atoms with van der Waals surface area (Å²) in [6, 6.07) is 19.9. The summed E-state index contributed by atoms with van der Waals surface area (Å²) in [5.41, 5.74) is 2.84. The number of methoxy groups -OCH3 is 1. The molecule has 1 N–H and O–H groups in total. The van der Waals surface area contributed by atoms with Gasteiger partial charge in [0, 0.05) is 17.3 Å². The van der Waals surface area contributed by atoms with Gasteiger partial charge in [-0.3, -0.25) is 9.59 Å². The number of carbonyl (C=O) groups is 2. The van der Waals surface area contributed by atoms with Gasteiger partial charge in [0.2, 0.25) is 0 Å². The van der Waals surface area contributed by atoms with Gasteiger partial charge in [-0.15, -0.1) is 0 Å². The van der Waals surface area contributed by atoms with E-state index in [1.807, 2.05) is 31.2 Å². The zero-order valence-corrected chi connectivity index (χ0v) is 18.8. The number of rotatable bonds is 7. The second-order valence-corrected chi connectivity index (χ2v) is 7.78. The summed E-state index contributed by atoms with van der Waals surface area (Å²) >= 11 is 0. The standard InChI is InChI=1S/C26H26N2O5/c1-17-5-4-6-22(15-17)32-14-13-28-23-12-9-20(16-24(23)33-18(2)26(28)30)27-25(29)19-7-10-21(31-3)11-8-19/h4-12,15-16,18H,13-14H2,1-3H3,(H,27,29). The number of amides is 2. The molecule has 1 heterocycles. The summed E-state index contributed by atoms with van der Waals surface area (Å²) < 4.78 is 16.8.